The van der Waals surface area contributed by atoms with Crippen LogP contribution < -0.4 is 34.6 Å². The van der Waals surface area contributed by atoms with E-state index < -0.39 is 29.1 Å². The summed E-state index contributed by atoms with van der Waals surface area (Å²) in [5.41, 5.74) is 0.228. The zero-order valence-corrected chi connectivity index (χ0v) is 25.9. The number of carbonyl (C=O) groups is 2. The molecule has 3 rings (SSSR count). The number of ether oxygens (including phenoxy) is 6. The van der Waals surface area contributed by atoms with Crippen molar-refractivity contribution in [2.75, 3.05) is 47.7 Å². The first-order valence-corrected chi connectivity index (χ1v) is 14.3. The summed E-state index contributed by atoms with van der Waals surface area (Å²) in [4.78, 5) is 41.5. The Morgan fingerprint density at radius 2 is 1.55 bits per heavy atom. The molecular formula is C32H40N2O10. The average molecular weight is 613 g/mol. The molecule has 44 heavy (non-hydrogen) atoms. The van der Waals surface area contributed by atoms with Crippen molar-refractivity contribution < 1.29 is 43.1 Å². The van der Waals surface area contributed by atoms with Gasteiger partial charge in [0.2, 0.25) is 11.7 Å². The van der Waals surface area contributed by atoms with Crippen molar-refractivity contribution in [1.29, 1.82) is 0 Å². The number of benzene rings is 2. The highest BCUT2D eigenvalue weighted by Crippen LogP contribution is 2.43. The van der Waals surface area contributed by atoms with E-state index in [-0.39, 0.29) is 42.2 Å². The largest absolute Gasteiger partial charge is 0.506 e. The van der Waals surface area contributed by atoms with Gasteiger partial charge in [0.15, 0.2) is 23.0 Å². The van der Waals surface area contributed by atoms with E-state index in [0.717, 1.165) is 11.8 Å². The fraction of sp³-hybridized carbons (Fsp3) is 0.406. The molecule has 3 aromatic rings. The fourth-order valence-electron chi connectivity index (χ4n) is 4.77. The predicted molar refractivity (Wildman–Crippen MR) is 163 cm³/mol. The predicted octanol–water partition coefficient (Wildman–Crippen LogP) is 3.96. The lowest BCUT2D eigenvalue weighted by Gasteiger charge is -2.22. The van der Waals surface area contributed by atoms with Crippen molar-refractivity contribution in [3.05, 3.63) is 69.1 Å². The van der Waals surface area contributed by atoms with Gasteiger partial charge in [-0.2, -0.15) is 0 Å². The molecule has 1 heterocycles. The molecule has 0 aliphatic carbocycles. The second-order valence-electron chi connectivity index (χ2n) is 9.48. The number of aromatic hydroxyl groups is 1. The van der Waals surface area contributed by atoms with Crippen LogP contribution in [0.5, 0.6) is 34.5 Å². The van der Waals surface area contributed by atoms with Crippen LogP contribution in [-0.4, -0.2) is 69.7 Å². The zero-order valence-electron chi connectivity index (χ0n) is 25.9. The number of rotatable bonds is 16. The molecule has 12 nitrogen and oxygen atoms in total. The van der Waals surface area contributed by atoms with E-state index in [4.69, 9.17) is 28.4 Å². The number of amides is 1. The quantitative estimate of drug-likeness (QED) is 0.203. The first-order valence-electron chi connectivity index (χ1n) is 14.3. The van der Waals surface area contributed by atoms with Crippen LogP contribution in [-0.2, 0) is 16.0 Å². The van der Waals surface area contributed by atoms with Crippen molar-refractivity contribution in [2.24, 2.45) is 0 Å². The molecule has 0 saturated carbocycles. The van der Waals surface area contributed by atoms with Crippen LogP contribution in [0.1, 0.15) is 60.2 Å². The zero-order chi connectivity index (χ0) is 32.2. The van der Waals surface area contributed by atoms with Crippen LogP contribution in [0.3, 0.4) is 0 Å². The summed E-state index contributed by atoms with van der Waals surface area (Å²) in [7, 11) is 4.32. The van der Waals surface area contributed by atoms with Crippen LogP contribution in [0, 0.1) is 0 Å². The van der Waals surface area contributed by atoms with Crippen LogP contribution in [0.25, 0.3) is 0 Å². The summed E-state index contributed by atoms with van der Waals surface area (Å²) in [6.07, 6.45) is 1.32. The van der Waals surface area contributed by atoms with Gasteiger partial charge in [-0.1, -0.05) is 6.07 Å². The van der Waals surface area contributed by atoms with Gasteiger partial charge in [-0.15, -0.1) is 0 Å². The Hall–Kier alpha value is -4.87. The third-order valence-electron chi connectivity index (χ3n) is 6.77. The Kier molecular flexibility index (Phi) is 12.3. The number of hydrogen-bond acceptors (Lipinski definition) is 10. The molecule has 2 aromatic carbocycles. The summed E-state index contributed by atoms with van der Waals surface area (Å²) < 4.78 is 32.7. The lowest BCUT2D eigenvalue weighted by Crippen LogP contribution is -2.29. The maximum atomic E-state index is 13.3. The summed E-state index contributed by atoms with van der Waals surface area (Å²) in [6, 6.07) is 8.78. The Morgan fingerprint density at radius 1 is 0.886 bits per heavy atom. The Labute approximate surface area is 256 Å². The molecule has 238 valence electrons. The number of aromatic amines is 1. The van der Waals surface area contributed by atoms with Crippen LogP contribution in [0.2, 0.25) is 0 Å². The molecule has 1 unspecified atom stereocenters. The fourth-order valence-corrected chi connectivity index (χ4v) is 4.77. The molecule has 1 aromatic heterocycles. The molecule has 3 N–H and O–H groups in total. The maximum absolute atomic E-state index is 13.3. The highest BCUT2D eigenvalue weighted by atomic mass is 16.5. The number of nitrogens with one attached hydrogen (secondary N) is 2. The molecule has 0 spiro atoms. The highest BCUT2D eigenvalue weighted by Gasteiger charge is 2.30. The molecule has 0 bridgehead atoms. The monoisotopic (exact) mass is 612 g/mol. The maximum Gasteiger partial charge on any atom is 0.343 e. The molecule has 0 radical (unpaired) electrons. The van der Waals surface area contributed by atoms with Gasteiger partial charge in [0.1, 0.15) is 11.3 Å². The van der Waals surface area contributed by atoms with Gasteiger partial charge in [-0.05, 0) is 62.6 Å². The lowest BCUT2D eigenvalue weighted by molar-refractivity contribution is -0.121. The molecule has 1 atom stereocenters. The smallest absolute Gasteiger partial charge is 0.343 e. The summed E-state index contributed by atoms with van der Waals surface area (Å²) >= 11 is 0. The summed E-state index contributed by atoms with van der Waals surface area (Å²) in [6.45, 7) is 6.73. The van der Waals surface area contributed by atoms with E-state index in [1.165, 1.54) is 21.3 Å². The van der Waals surface area contributed by atoms with Gasteiger partial charge in [-0.3, -0.25) is 9.59 Å². The van der Waals surface area contributed by atoms with E-state index >= 15 is 0 Å². The highest BCUT2D eigenvalue weighted by molar-refractivity contribution is 5.92. The molecule has 1 amide bonds. The van der Waals surface area contributed by atoms with Gasteiger partial charge in [0, 0.05) is 25.1 Å². The lowest BCUT2D eigenvalue weighted by atomic mass is 9.87. The van der Waals surface area contributed by atoms with E-state index in [2.05, 4.69) is 10.3 Å². The summed E-state index contributed by atoms with van der Waals surface area (Å²) in [5, 5.41) is 14.0. The molecule has 0 saturated heterocycles. The minimum absolute atomic E-state index is 0.0614. The van der Waals surface area contributed by atoms with Gasteiger partial charge >= 0.3 is 5.97 Å². The number of carbonyl (C=O) groups excluding carboxylic acids is 2. The first-order chi connectivity index (χ1) is 21.2. The van der Waals surface area contributed by atoms with Gasteiger partial charge in [0.05, 0.1) is 46.7 Å². The SMILES string of the molecule is CCOC(=O)c1c[nH]c(=O)c(C(CC(=O)NCCc2ccc(OCC)c(OCC)c2)c2cc(OC)c(OC)c(OC)c2)c1O. The number of H-pyrrole nitrogens is 1. The number of methoxy groups -OCH3 is 3. The number of pyridine rings is 1. The molecule has 0 fully saturated rings. The third kappa shape index (κ3) is 7.94. The second kappa shape index (κ2) is 16.1. The van der Waals surface area contributed by atoms with Crippen LogP contribution >= 0.6 is 0 Å². The number of aromatic nitrogens is 1. The Morgan fingerprint density at radius 3 is 2.14 bits per heavy atom. The van der Waals surface area contributed by atoms with Crippen molar-refractivity contribution in [1.82, 2.24) is 10.3 Å². The standard InChI is InChI=1S/C32H40N2O10/c1-7-42-23-11-10-19(14-24(23)43-8-2)12-13-33-27(35)17-21(20-15-25(39-4)30(41-6)26(16-20)40-5)28-29(36)22(18-34-31(28)37)32(38)44-9-3/h10-11,14-16,18,21H,7-9,12-13,17H2,1-6H3,(H,33,35)(H2,34,36,37). The minimum atomic E-state index is -1.02. The minimum Gasteiger partial charge on any atom is -0.506 e. The van der Waals surface area contributed by atoms with E-state index in [0.29, 0.717) is 42.4 Å². The van der Waals surface area contributed by atoms with Crippen molar-refractivity contribution in [3.8, 4) is 34.5 Å². The normalized spacial score (nSPS) is 11.3. The average Bonchev–Trinajstić information content (AvgIpc) is 3.01. The number of esters is 1. The molecular weight excluding hydrogens is 572 g/mol. The van der Waals surface area contributed by atoms with Crippen LogP contribution in [0.15, 0.2) is 41.3 Å². The topological polar surface area (TPSA) is 155 Å². The van der Waals surface area contributed by atoms with E-state index in [9.17, 15) is 19.5 Å². The van der Waals surface area contributed by atoms with Gasteiger partial charge < -0.3 is 43.8 Å². The molecule has 12 heteroatoms. The third-order valence-corrected chi connectivity index (χ3v) is 6.77. The Balaban J connectivity index is 1.96. The Bertz CT molecular complexity index is 1480. The van der Waals surface area contributed by atoms with Gasteiger partial charge in [-0.25, -0.2) is 4.79 Å². The first kappa shape index (κ1) is 33.6. The second-order valence-corrected chi connectivity index (χ2v) is 9.48. The molecule has 0 aliphatic heterocycles. The summed E-state index contributed by atoms with van der Waals surface area (Å²) in [5.74, 6) is -0.689. The van der Waals surface area contributed by atoms with Gasteiger partial charge in [0.25, 0.3) is 5.56 Å². The van der Waals surface area contributed by atoms with Crippen molar-refractivity contribution >= 4 is 11.9 Å². The van der Waals surface area contributed by atoms with Crippen molar-refractivity contribution in [3.63, 3.8) is 0 Å². The van der Waals surface area contributed by atoms with E-state index in [1.54, 1.807) is 19.1 Å². The van der Waals surface area contributed by atoms with Crippen LogP contribution in [0.4, 0.5) is 0 Å². The van der Waals surface area contributed by atoms with E-state index in [1.807, 2.05) is 32.0 Å². The number of hydrogen-bond donors (Lipinski definition) is 3. The van der Waals surface area contributed by atoms with Crippen molar-refractivity contribution in [2.45, 2.75) is 39.5 Å². The molecule has 0 aliphatic rings.